The maximum absolute atomic E-state index is 9.61. The van der Waals surface area contributed by atoms with E-state index < -0.39 is 0 Å². The van der Waals surface area contributed by atoms with Gasteiger partial charge in [0.1, 0.15) is 5.75 Å². The standard InChI is InChI=1S/C12H11ClN2O2/c1-17-9-6-7-15(16)12(8-9)14-11-5-3-2-4-10(11)13/h2-8,16H,1H3. The molecule has 0 unspecified atom stereocenters. The van der Waals surface area contributed by atoms with Crippen molar-refractivity contribution < 1.29 is 9.94 Å². The second-order valence-corrected chi connectivity index (χ2v) is 3.74. The number of hydrogen-bond acceptors (Lipinski definition) is 3. The highest BCUT2D eigenvalue weighted by molar-refractivity contribution is 6.32. The smallest absolute Gasteiger partial charge is 0.172 e. The summed E-state index contributed by atoms with van der Waals surface area (Å²) in [6.07, 6.45) is 1.45. The van der Waals surface area contributed by atoms with Crippen LogP contribution in [0.4, 0.5) is 5.69 Å². The summed E-state index contributed by atoms with van der Waals surface area (Å²) in [5.41, 5.74) is 0.933. The first kappa shape index (κ1) is 11.5. The molecule has 88 valence electrons. The summed E-state index contributed by atoms with van der Waals surface area (Å²) in [4.78, 5) is 4.25. The van der Waals surface area contributed by atoms with Gasteiger partial charge in [0.15, 0.2) is 5.49 Å². The van der Waals surface area contributed by atoms with Crippen molar-refractivity contribution in [3.05, 3.63) is 53.1 Å². The topological polar surface area (TPSA) is 46.8 Å². The maximum Gasteiger partial charge on any atom is 0.172 e. The van der Waals surface area contributed by atoms with Gasteiger partial charge in [0, 0.05) is 18.3 Å². The van der Waals surface area contributed by atoms with Crippen LogP contribution >= 0.6 is 11.6 Å². The number of ether oxygens (including phenoxy) is 1. The molecule has 0 atom stereocenters. The third kappa shape index (κ3) is 2.60. The Bertz CT molecular complexity index is 593. The van der Waals surface area contributed by atoms with Gasteiger partial charge < -0.3 is 9.94 Å². The van der Waals surface area contributed by atoms with Crippen LogP contribution in [0.25, 0.3) is 0 Å². The van der Waals surface area contributed by atoms with Crippen molar-refractivity contribution in [1.29, 1.82) is 0 Å². The molecule has 0 fully saturated rings. The molecule has 0 radical (unpaired) electrons. The van der Waals surface area contributed by atoms with Gasteiger partial charge in [-0.3, -0.25) is 0 Å². The van der Waals surface area contributed by atoms with Gasteiger partial charge in [-0.05, 0) is 12.1 Å². The van der Waals surface area contributed by atoms with E-state index in [0.717, 1.165) is 4.73 Å². The molecule has 4 nitrogen and oxygen atoms in total. The van der Waals surface area contributed by atoms with Gasteiger partial charge in [-0.15, -0.1) is 0 Å². The highest BCUT2D eigenvalue weighted by Crippen LogP contribution is 2.22. The third-order valence-corrected chi connectivity index (χ3v) is 2.53. The van der Waals surface area contributed by atoms with E-state index in [0.29, 0.717) is 21.9 Å². The van der Waals surface area contributed by atoms with Crippen LogP contribution in [-0.2, 0) is 0 Å². The van der Waals surface area contributed by atoms with Crippen molar-refractivity contribution in [2.45, 2.75) is 0 Å². The number of methoxy groups -OCH3 is 1. The molecule has 1 aromatic carbocycles. The molecule has 2 aromatic rings. The van der Waals surface area contributed by atoms with Gasteiger partial charge in [-0.1, -0.05) is 23.7 Å². The monoisotopic (exact) mass is 250 g/mol. The fourth-order valence-corrected chi connectivity index (χ4v) is 1.52. The number of pyridine rings is 1. The number of halogens is 1. The highest BCUT2D eigenvalue weighted by Gasteiger charge is 1.98. The number of nitrogens with zero attached hydrogens (tertiary/aromatic N) is 2. The quantitative estimate of drug-likeness (QED) is 0.833. The summed E-state index contributed by atoms with van der Waals surface area (Å²) in [5.74, 6) is 0.612. The summed E-state index contributed by atoms with van der Waals surface area (Å²) < 4.78 is 5.97. The summed E-state index contributed by atoms with van der Waals surface area (Å²) in [6.45, 7) is 0. The van der Waals surface area contributed by atoms with Crippen molar-refractivity contribution in [2.75, 3.05) is 7.11 Å². The van der Waals surface area contributed by atoms with Crippen molar-refractivity contribution >= 4 is 17.3 Å². The minimum absolute atomic E-state index is 0.345. The van der Waals surface area contributed by atoms with Gasteiger partial charge in [0.2, 0.25) is 0 Å². The summed E-state index contributed by atoms with van der Waals surface area (Å²) in [5, 5.41) is 10.1. The molecular formula is C12H11ClN2O2. The largest absolute Gasteiger partial charge is 0.497 e. The molecule has 17 heavy (non-hydrogen) atoms. The molecule has 0 bridgehead atoms. The van der Waals surface area contributed by atoms with Crippen LogP contribution in [0.15, 0.2) is 47.6 Å². The van der Waals surface area contributed by atoms with Crippen LogP contribution < -0.4 is 10.2 Å². The molecule has 2 rings (SSSR count). The Balaban J connectivity index is 2.56. The van der Waals surface area contributed by atoms with Gasteiger partial charge in [-0.25, -0.2) is 4.99 Å². The van der Waals surface area contributed by atoms with Gasteiger partial charge in [0.05, 0.1) is 17.8 Å². The summed E-state index contributed by atoms with van der Waals surface area (Å²) in [6, 6.07) is 10.4. The first-order chi connectivity index (χ1) is 8.20. The lowest BCUT2D eigenvalue weighted by Gasteiger charge is -2.03. The first-order valence-corrected chi connectivity index (χ1v) is 5.34. The zero-order valence-electron chi connectivity index (χ0n) is 9.17. The van der Waals surface area contributed by atoms with Crippen LogP contribution in [-0.4, -0.2) is 17.0 Å². The average molecular weight is 251 g/mol. The van der Waals surface area contributed by atoms with Crippen LogP contribution in [0.1, 0.15) is 0 Å². The van der Waals surface area contributed by atoms with Crippen LogP contribution in [0.3, 0.4) is 0 Å². The molecule has 1 heterocycles. The zero-order chi connectivity index (χ0) is 12.3. The minimum Gasteiger partial charge on any atom is -0.497 e. The number of para-hydroxylation sites is 1. The van der Waals surface area contributed by atoms with E-state index in [9.17, 15) is 5.21 Å². The van der Waals surface area contributed by atoms with E-state index in [-0.39, 0.29) is 0 Å². The minimum atomic E-state index is 0.345. The molecular weight excluding hydrogens is 240 g/mol. The Hall–Kier alpha value is -1.94. The lowest BCUT2D eigenvalue weighted by Crippen LogP contribution is -2.17. The van der Waals surface area contributed by atoms with Gasteiger partial charge in [0.25, 0.3) is 0 Å². The number of benzene rings is 1. The molecule has 0 spiro atoms. The lowest BCUT2D eigenvalue weighted by molar-refractivity contribution is 0.171. The van der Waals surface area contributed by atoms with Crippen molar-refractivity contribution in [3.8, 4) is 5.75 Å². The first-order valence-electron chi connectivity index (χ1n) is 4.96. The second-order valence-electron chi connectivity index (χ2n) is 3.33. The molecule has 1 aromatic heterocycles. The van der Waals surface area contributed by atoms with Crippen LogP contribution in [0, 0.1) is 0 Å². The third-order valence-electron chi connectivity index (χ3n) is 2.21. The van der Waals surface area contributed by atoms with E-state index in [1.54, 1.807) is 31.4 Å². The Kier molecular flexibility index (Phi) is 3.35. The van der Waals surface area contributed by atoms with Crippen molar-refractivity contribution in [3.63, 3.8) is 0 Å². The molecule has 0 aliphatic heterocycles. The molecule has 1 N–H and O–H groups in total. The maximum atomic E-state index is 9.61. The SMILES string of the molecule is COc1ccn(O)c(=Nc2ccccc2Cl)c1. The van der Waals surface area contributed by atoms with Gasteiger partial charge in [-0.2, -0.15) is 4.73 Å². The van der Waals surface area contributed by atoms with E-state index in [1.807, 2.05) is 12.1 Å². The molecule has 0 amide bonds. The zero-order valence-corrected chi connectivity index (χ0v) is 9.93. The van der Waals surface area contributed by atoms with E-state index >= 15 is 0 Å². The fourth-order valence-electron chi connectivity index (χ4n) is 1.34. The second kappa shape index (κ2) is 4.93. The molecule has 0 saturated carbocycles. The lowest BCUT2D eigenvalue weighted by atomic mass is 10.3. The number of hydrogen-bond donors (Lipinski definition) is 1. The predicted molar refractivity (Wildman–Crippen MR) is 64.8 cm³/mol. The normalized spacial score (nSPS) is 11.5. The molecule has 5 heteroatoms. The van der Waals surface area contributed by atoms with Crippen molar-refractivity contribution in [1.82, 2.24) is 4.73 Å². The Morgan fingerprint density at radius 1 is 1.29 bits per heavy atom. The Morgan fingerprint density at radius 3 is 2.76 bits per heavy atom. The van der Waals surface area contributed by atoms with E-state index in [2.05, 4.69) is 4.99 Å². The van der Waals surface area contributed by atoms with E-state index in [4.69, 9.17) is 16.3 Å². The summed E-state index contributed by atoms with van der Waals surface area (Å²) in [7, 11) is 1.55. The number of aromatic nitrogens is 1. The molecule has 0 saturated heterocycles. The Morgan fingerprint density at radius 2 is 2.06 bits per heavy atom. The molecule has 0 aliphatic rings. The van der Waals surface area contributed by atoms with Crippen LogP contribution in [0.2, 0.25) is 5.02 Å². The van der Waals surface area contributed by atoms with Gasteiger partial charge >= 0.3 is 0 Å². The highest BCUT2D eigenvalue weighted by atomic mass is 35.5. The Labute approximate surface area is 103 Å². The van der Waals surface area contributed by atoms with Crippen molar-refractivity contribution in [2.24, 2.45) is 4.99 Å². The number of rotatable bonds is 2. The predicted octanol–water partition coefficient (Wildman–Crippen LogP) is 2.62. The van der Waals surface area contributed by atoms with Crippen LogP contribution in [0.5, 0.6) is 5.75 Å². The molecule has 0 aliphatic carbocycles. The fraction of sp³-hybridized carbons (Fsp3) is 0.0833. The van der Waals surface area contributed by atoms with E-state index in [1.165, 1.54) is 6.20 Å². The summed E-state index contributed by atoms with van der Waals surface area (Å²) >= 11 is 5.98. The average Bonchev–Trinajstić information content (AvgIpc) is 2.35.